The number of aryl methyl sites for hydroxylation is 3. The molecule has 1 heterocycles. The van der Waals surface area contributed by atoms with Crippen molar-refractivity contribution in [1.82, 2.24) is 0 Å². The van der Waals surface area contributed by atoms with E-state index in [2.05, 4.69) is 5.32 Å². The van der Waals surface area contributed by atoms with Crippen LogP contribution >= 0.6 is 11.3 Å². The number of anilines is 3. The van der Waals surface area contributed by atoms with E-state index in [1.807, 2.05) is 57.2 Å². The molecule has 0 amide bonds. The van der Waals surface area contributed by atoms with Gasteiger partial charge in [-0.05, 0) is 44.5 Å². The molecule has 0 spiro atoms. The standard InChI is InChI=1S/C26H24N2O3S2/c1-16-8-12-19(13-9-16)23(29)24-22(27)25(33(30,31)20-14-10-17(2)11-15-20)26(32-24)28-21-7-5-4-6-18(21)3/h4-15,28H,27H2,1-3H3. The second-order valence-electron chi connectivity index (χ2n) is 7.95. The van der Waals surface area contributed by atoms with Gasteiger partial charge in [-0.15, -0.1) is 11.3 Å². The summed E-state index contributed by atoms with van der Waals surface area (Å²) in [4.78, 5) is 13.5. The van der Waals surface area contributed by atoms with Crippen molar-refractivity contribution < 1.29 is 13.2 Å². The van der Waals surface area contributed by atoms with Crippen molar-refractivity contribution in [2.45, 2.75) is 30.6 Å². The number of hydrogen-bond donors (Lipinski definition) is 2. The van der Waals surface area contributed by atoms with Gasteiger partial charge in [0.1, 0.15) is 14.8 Å². The maximum Gasteiger partial charge on any atom is 0.211 e. The quantitative estimate of drug-likeness (QED) is 0.330. The van der Waals surface area contributed by atoms with E-state index in [1.165, 1.54) is 0 Å². The van der Waals surface area contributed by atoms with Gasteiger partial charge in [0.15, 0.2) is 0 Å². The fourth-order valence-electron chi connectivity index (χ4n) is 3.45. The number of sulfone groups is 1. The van der Waals surface area contributed by atoms with Gasteiger partial charge >= 0.3 is 0 Å². The highest BCUT2D eigenvalue weighted by molar-refractivity contribution is 7.92. The molecular formula is C26H24N2O3S2. The Morgan fingerprint density at radius 3 is 2.03 bits per heavy atom. The number of nitrogens with two attached hydrogens (primary N) is 1. The van der Waals surface area contributed by atoms with E-state index in [-0.39, 0.29) is 26.1 Å². The molecule has 0 saturated carbocycles. The molecule has 0 saturated heterocycles. The van der Waals surface area contributed by atoms with E-state index in [9.17, 15) is 13.2 Å². The van der Waals surface area contributed by atoms with E-state index in [1.54, 1.807) is 36.4 Å². The van der Waals surface area contributed by atoms with Crippen molar-refractivity contribution >= 4 is 43.3 Å². The second kappa shape index (κ2) is 8.84. The molecular weight excluding hydrogens is 452 g/mol. The zero-order valence-electron chi connectivity index (χ0n) is 18.5. The van der Waals surface area contributed by atoms with Crippen molar-refractivity contribution in [3.05, 3.63) is 99.9 Å². The predicted molar refractivity (Wildman–Crippen MR) is 134 cm³/mol. The van der Waals surface area contributed by atoms with E-state index in [0.29, 0.717) is 10.6 Å². The van der Waals surface area contributed by atoms with Crippen LogP contribution in [0.15, 0.2) is 82.6 Å². The largest absolute Gasteiger partial charge is 0.396 e. The molecule has 7 heteroatoms. The van der Waals surface area contributed by atoms with Crippen molar-refractivity contribution in [3.63, 3.8) is 0 Å². The predicted octanol–water partition coefficient (Wildman–Crippen LogP) is 6.06. The Kier molecular flexibility index (Phi) is 6.10. The summed E-state index contributed by atoms with van der Waals surface area (Å²) in [6, 6.07) is 21.3. The number of carbonyl (C=O) groups is 1. The lowest BCUT2D eigenvalue weighted by atomic mass is 10.1. The minimum absolute atomic E-state index is 0.0396. The van der Waals surface area contributed by atoms with Gasteiger partial charge in [0.05, 0.1) is 10.6 Å². The van der Waals surface area contributed by atoms with Crippen LogP contribution in [0.1, 0.15) is 31.9 Å². The normalized spacial score (nSPS) is 11.4. The van der Waals surface area contributed by atoms with Crippen LogP contribution in [0.4, 0.5) is 16.4 Å². The lowest BCUT2D eigenvalue weighted by Gasteiger charge is -2.11. The van der Waals surface area contributed by atoms with Gasteiger partial charge in [0, 0.05) is 11.3 Å². The van der Waals surface area contributed by atoms with Crippen LogP contribution in [0.25, 0.3) is 0 Å². The first-order valence-electron chi connectivity index (χ1n) is 10.4. The summed E-state index contributed by atoms with van der Waals surface area (Å²) in [5, 5.41) is 3.53. The molecule has 0 aliphatic heterocycles. The van der Waals surface area contributed by atoms with Crippen LogP contribution in [-0.2, 0) is 9.84 Å². The summed E-state index contributed by atoms with van der Waals surface area (Å²) in [7, 11) is -3.98. The van der Waals surface area contributed by atoms with Crippen LogP contribution in [0.5, 0.6) is 0 Å². The summed E-state index contributed by atoms with van der Waals surface area (Å²) < 4.78 is 27.3. The fourth-order valence-corrected chi connectivity index (χ4v) is 6.38. The number of rotatable bonds is 6. The zero-order chi connectivity index (χ0) is 23.8. The number of para-hydroxylation sites is 1. The van der Waals surface area contributed by atoms with E-state index >= 15 is 0 Å². The van der Waals surface area contributed by atoms with E-state index in [0.717, 1.165) is 33.7 Å². The van der Waals surface area contributed by atoms with Gasteiger partial charge in [-0.1, -0.05) is 65.7 Å². The van der Waals surface area contributed by atoms with Crippen LogP contribution in [0.2, 0.25) is 0 Å². The lowest BCUT2D eigenvalue weighted by Crippen LogP contribution is -2.08. The topological polar surface area (TPSA) is 89.3 Å². The molecule has 0 unspecified atom stereocenters. The SMILES string of the molecule is Cc1ccc(C(=O)c2sc(Nc3ccccc3C)c(S(=O)(=O)c3ccc(C)cc3)c2N)cc1. The monoisotopic (exact) mass is 476 g/mol. The van der Waals surface area contributed by atoms with Crippen molar-refractivity contribution in [2.24, 2.45) is 0 Å². The summed E-state index contributed by atoms with van der Waals surface area (Å²) in [6.07, 6.45) is 0. The zero-order valence-corrected chi connectivity index (χ0v) is 20.2. The number of thiophene rings is 1. The molecule has 4 aromatic rings. The average molecular weight is 477 g/mol. The molecule has 4 rings (SSSR count). The first-order valence-corrected chi connectivity index (χ1v) is 12.7. The van der Waals surface area contributed by atoms with Gasteiger partial charge < -0.3 is 11.1 Å². The maximum atomic E-state index is 13.7. The number of nitrogens with one attached hydrogen (secondary N) is 1. The Labute approximate surface area is 197 Å². The van der Waals surface area contributed by atoms with Crippen LogP contribution in [0.3, 0.4) is 0 Å². The minimum atomic E-state index is -3.98. The third-order valence-electron chi connectivity index (χ3n) is 5.41. The molecule has 0 aliphatic rings. The van der Waals surface area contributed by atoms with Gasteiger partial charge in [-0.2, -0.15) is 0 Å². The Balaban J connectivity index is 1.89. The molecule has 3 N–H and O–H groups in total. The number of benzene rings is 3. The van der Waals surface area contributed by atoms with Crippen molar-refractivity contribution in [2.75, 3.05) is 11.1 Å². The van der Waals surface area contributed by atoms with Gasteiger partial charge in [0.25, 0.3) is 0 Å². The fraction of sp³-hybridized carbons (Fsp3) is 0.115. The maximum absolute atomic E-state index is 13.7. The molecule has 0 radical (unpaired) electrons. The highest BCUT2D eigenvalue weighted by Crippen LogP contribution is 2.44. The Bertz CT molecular complexity index is 1440. The van der Waals surface area contributed by atoms with E-state index < -0.39 is 9.84 Å². The van der Waals surface area contributed by atoms with Gasteiger partial charge in [-0.3, -0.25) is 4.79 Å². The molecule has 168 valence electrons. The summed E-state index contributed by atoms with van der Waals surface area (Å²) in [5.74, 6) is -0.310. The smallest absolute Gasteiger partial charge is 0.211 e. The molecule has 0 aliphatic carbocycles. The highest BCUT2D eigenvalue weighted by Gasteiger charge is 2.31. The number of ketones is 1. The van der Waals surface area contributed by atoms with Crippen LogP contribution < -0.4 is 11.1 Å². The van der Waals surface area contributed by atoms with Crippen molar-refractivity contribution in [1.29, 1.82) is 0 Å². The minimum Gasteiger partial charge on any atom is -0.396 e. The Hall–Kier alpha value is -3.42. The lowest BCUT2D eigenvalue weighted by molar-refractivity contribution is 0.104. The molecule has 0 atom stereocenters. The number of hydrogen-bond acceptors (Lipinski definition) is 6. The van der Waals surface area contributed by atoms with Crippen LogP contribution in [0, 0.1) is 20.8 Å². The van der Waals surface area contributed by atoms with Crippen molar-refractivity contribution in [3.8, 4) is 0 Å². The summed E-state index contributed by atoms with van der Waals surface area (Å²) >= 11 is 1.06. The number of nitrogen functional groups attached to an aromatic ring is 1. The molecule has 1 aromatic heterocycles. The average Bonchev–Trinajstić information content (AvgIpc) is 3.12. The van der Waals surface area contributed by atoms with Crippen LogP contribution in [-0.4, -0.2) is 14.2 Å². The molecule has 0 fully saturated rings. The molecule has 33 heavy (non-hydrogen) atoms. The highest BCUT2D eigenvalue weighted by atomic mass is 32.2. The Morgan fingerprint density at radius 2 is 1.42 bits per heavy atom. The third kappa shape index (κ3) is 4.42. The van der Waals surface area contributed by atoms with E-state index in [4.69, 9.17) is 5.73 Å². The first kappa shape index (κ1) is 22.8. The second-order valence-corrected chi connectivity index (χ2v) is 10.9. The Morgan fingerprint density at radius 1 is 0.848 bits per heavy atom. The van der Waals surface area contributed by atoms with Gasteiger partial charge in [-0.25, -0.2) is 8.42 Å². The van der Waals surface area contributed by atoms with Gasteiger partial charge in [0.2, 0.25) is 15.6 Å². The summed E-state index contributed by atoms with van der Waals surface area (Å²) in [5.41, 5.74) is 10.5. The third-order valence-corrected chi connectivity index (χ3v) is 8.52. The molecule has 3 aromatic carbocycles. The summed E-state index contributed by atoms with van der Waals surface area (Å²) in [6.45, 7) is 5.74. The number of carbonyl (C=O) groups excluding carboxylic acids is 1. The molecule has 5 nitrogen and oxygen atoms in total. The molecule has 0 bridgehead atoms. The first-order chi connectivity index (χ1) is 15.7.